The summed E-state index contributed by atoms with van der Waals surface area (Å²) < 4.78 is 17.8. The first kappa shape index (κ1) is 12.0. The molecule has 0 aliphatic rings. The number of ether oxygens (including phenoxy) is 1. The van der Waals surface area contributed by atoms with Crippen LogP contribution in [0.25, 0.3) is 0 Å². The smallest absolute Gasteiger partial charge is 0.203 e. The highest BCUT2D eigenvalue weighted by atomic mass is 19.2. The first-order chi connectivity index (χ1) is 7.01. The molecule has 0 aromatic heterocycles. The fourth-order valence-electron chi connectivity index (χ4n) is 1.44. The molecule has 0 aliphatic carbocycles. The van der Waals surface area contributed by atoms with E-state index in [0.29, 0.717) is 6.42 Å². The van der Waals surface area contributed by atoms with Gasteiger partial charge in [0.2, 0.25) is 5.85 Å². The summed E-state index contributed by atoms with van der Waals surface area (Å²) >= 11 is 0. The Morgan fingerprint density at radius 2 is 2.20 bits per heavy atom. The first-order valence-electron chi connectivity index (χ1n) is 5.05. The Balaban J connectivity index is 2.44. The van der Waals surface area contributed by atoms with E-state index in [4.69, 9.17) is 9.84 Å². The molecule has 1 atom stereocenters. The van der Waals surface area contributed by atoms with E-state index in [9.17, 15) is 4.39 Å². The molecular formula is C12H17FO2. The zero-order valence-electron chi connectivity index (χ0n) is 9.16. The zero-order chi connectivity index (χ0) is 11.3. The molecule has 0 saturated heterocycles. The Morgan fingerprint density at radius 1 is 1.47 bits per heavy atom. The largest absolute Gasteiger partial charge is 0.497 e. The standard InChI is InChI=1S/C12H17FO2/c1-12(13,14)8-4-6-10-5-3-7-11(9-10)15-2/h3,5,7,9,14H,4,6,8H2,1-2H3. The second kappa shape index (κ2) is 5.12. The van der Waals surface area contributed by atoms with E-state index in [1.54, 1.807) is 7.11 Å². The van der Waals surface area contributed by atoms with Crippen molar-refractivity contribution >= 4 is 0 Å². The molecule has 84 valence electrons. The normalized spacial score (nSPS) is 14.7. The minimum atomic E-state index is -2.06. The molecule has 0 radical (unpaired) electrons. The van der Waals surface area contributed by atoms with E-state index < -0.39 is 5.85 Å². The van der Waals surface area contributed by atoms with Gasteiger partial charge in [-0.05, 0) is 37.5 Å². The van der Waals surface area contributed by atoms with Gasteiger partial charge in [-0.3, -0.25) is 0 Å². The second-order valence-corrected chi connectivity index (χ2v) is 3.85. The maximum Gasteiger partial charge on any atom is 0.203 e. The molecule has 0 heterocycles. The van der Waals surface area contributed by atoms with E-state index in [-0.39, 0.29) is 6.42 Å². The Labute approximate surface area is 89.7 Å². The van der Waals surface area contributed by atoms with Gasteiger partial charge < -0.3 is 9.84 Å². The van der Waals surface area contributed by atoms with Crippen LogP contribution in [0.15, 0.2) is 24.3 Å². The summed E-state index contributed by atoms with van der Waals surface area (Å²) in [6, 6.07) is 7.67. The van der Waals surface area contributed by atoms with Crippen molar-refractivity contribution in [3.8, 4) is 5.75 Å². The molecule has 1 N–H and O–H groups in total. The van der Waals surface area contributed by atoms with Crippen molar-refractivity contribution in [2.24, 2.45) is 0 Å². The van der Waals surface area contributed by atoms with Crippen molar-refractivity contribution in [1.82, 2.24) is 0 Å². The van der Waals surface area contributed by atoms with E-state index in [0.717, 1.165) is 17.7 Å². The number of aryl methyl sites for hydroxylation is 1. The molecule has 3 heteroatoms. The number of hydrogen-bond donors (Lipinski definition) is 1. The van der Waals surface area contributed by atoms with Crippen molar-refractivity contribution in [3.05, 3.63) is 29.8 Å². The minimum absolute atomic E-state index is 0.157. The van der Waals surface area contributed by atoms with E-state index >= 15 is 0 Å². The van der Waals surface area contributed by atoms with Crippen LogP contribution in [0.2, 0.25) is 0 Å². The van der Waals surface area contributed by atoms with Crippen LogP contribution >= 0.6 is 0 Å². The number of benzene rings is 1. The number of methoxy groups -OCH3 is 1. The summed E-state index contributed by atoms with van der Waals surface area (Å²) in [6.07, 6.45) is 1.53. The van der Waals surface area contributed by atoms with Gasteiger partial charge in [0.25, 0.3) is 0 Å². The second-order valence-electron chi connectivity index (χ2n) is 3.85. The Kier molecular flexibility index (Phi) is 4.09. The SMILES string of the molecule is COc1cccc(CCCC(C)(O)F)c1. The lowest BCUT2D eigenvalue weighted by Crippen LogP contribution is -2.16. The van der Waals surface area contributed by atoms with Crippen molar-refractivity contribution < 1.29 is 14.2 Å². The molecule has 0 fully saturated rings. The van der Waals surface area contributed by atoms with Crippen molar-refractivity contribution in [2.45, 2.75) is 32.0 Å². The fourth-order valence-corrected chi connectivity index (χ4v) is 1.44. The number of aliphatic hydroxyl groups is 1. The van der Waals surface area contributed by atoms with Gasteiger partial charge in [-0.1, -0.05) is 12.1 Å². The quantitative estimate of drug-likeness (QED) is 0.813. The number of halogens is 1. The van der Waals surface area contributed by atoms with Crippen LogP contribution in [-0.4, -0.2) is 18.1 Å². The van der Waals surface area contributed by atoms with E-state index in [1.807, 2.05) is 24.3 Å². The number of alkyl halides is 1. The van der Waals surface area contributed by atoms with Crippen molar-refractivity contribution in [1.29, 1.82) is 0 Å². The molecule has 0 aliphatic heterocycles. The molecule has 1 aromatic rings. The lowest BCUT2D eigenvalue weighted by atomic mass is 10.1. The predicted octanol–water partition coefficient (Wildman–Crippen LogP) is 2.70. The van der Waals surface area contributed by atoms with Crippen LogP contribution in [0.3, 0.4) is 0 Å². The highest BCUT2D eigenvalue weighted by molar-refractivity contribution is 5.28. The molecule has 0 amide bonds. The van der Waals surface area contributed by atoms with Crippen molar-refractivity contribution in [2.75, 3.05) is 7.11 Å². The third-order valence-electron chi connectivity index (χ3n) is 2.23. The number of hydrogen-bond acceptors (Lipinski definition) is 2. The third kappa shape index (κ3) is 4.79. The Hall–Kier alpha value is -1.09. The number of rotatable bonds is 5. The average molecular weight is 212 g/mol. The minimum Gasteiger partial charge on any atom is -0.497 e. The summed E-state index contributed by atoms with van der Waals surface area (Å²) in [7, 11) is 1.62. The lowest BCUT2D eigenvalue weighted by Gasteiger charge is -2.12. The first-order valence-corrected chi connectivity index (χ1v) is 5.05. The average Bonchev–Trinajstić information content (AvgIpc) is 2.16. The van der Waals surface area contributed by atoms with Gasteiger partial charge in [-0.2, -0.15) is 0 Å². The highest BCUT2D eigenvalue weighted by Gasteiger charge is 2.16. The predicted molar refractivity (Wildman–Crippen MR) is 57.7 cm³/mol. The van der Waals surface area contributed by atoms with Gasteiger partial charge >= 0.3 is 0 Å². The van der Waals surface area contributed by atoms with Crippen LogP contribution in [0.4, 0.5) is 4.39 Å². The van der Waals surface area contributed by atoms with Gasteiger partial charge in [0, 0.05) is 6.42 Å². The maximum absolute atomic E-state index is 12.8. The summed E-state index contributed by atoms with van der Waals surface area (Å²) in [6.45, 7) is 1.18. The van der Waals surface area contributed by atoms with E-state index in [1.165, 1.54) is 6.92 Å². The molecule has 0 spiro atoms. The summed E-state index contributed by atoms with van der Waals surface area (Å²) in [5.74, 6) is -1.25. The van der Waals surface area contributed by atoms with E-state index in [2.05, 4.69) is 0 Å². The molecular weight excluding hydrogens is 195 g/mol. The molecule has 2 nitrogen and oxygen atoms in total. The molecule has 0 bridgehead atoms. The van der Waals surface area contributed by atoms with Crippen LogP contribution in [-0.2, 0) is 6.42 Å². The molecule has 1 unspecified atom stereocenters. The van der Waals surface area contributed by atoms with Gasteiger partial charge in [0.1, 0.15) is 5.75 Å². The zero-order valence-corrected chi connectivity index (χ0v) is 9.16. The topological polar surface area (TPSA) is 29.5 Å². The molecule has 0 saturated carbocycles. The Bertz CT molecular complexity index is 305. The van der Waals surface area contributed by atoms with Gasteiger partial charge in [-0.15, -0.1) is 0 Å². The maximum atomic E-state index is 12.8. The molecule has 15 heavy (non-hydrogen) atoms. The molecule has 1 aromatic carbocycles. The summed E-state index contributed by atoms with van der Waals surface area (Å²) in [5, 5.41) is 8.91. The monoisotopic (exact) mass is 212 g/mol. The summed E-state index contributed by atoms with van der Waals surface area (Å²) in [5.41, 5.74) is 1.10. The lowest BCUT2D eigenvalue weighted by molar-refractivity contribution is -0.0775. The fraction of sp³-hybridized carbons (Fsp3) is 0.500. The summed E-state index contributed by atoms with van der Waals surface area (Å²) in [4.78, 5) is 0. The van der Waals surface area contributed by atoms with Crippen molar-refractivity contribution in [3.63, 3.8) is 0 Å². The van der Waals surface area contributed by atoms with Gasteiger partial charge in [-0.25, -0.2) is 4.39 Å². The van der Waals surface area contributed by atoms with Crippen LogP contribution in [0.1, 0.15) is 25.3 Å². The van der Waals surface area contributed by atoms with Gasteiger partial charge in [0.15, 0.2) is 0 Å². The third-order valence-corrected chi connectivity index (χ3v) is 2.23. The van der Waals surface area contributed by atoms with Crippen LogP contribution < -0.4 is 4.74 Å². The van der Waals surface area contributed by atoms with Crippen LogP contribution in [0.5, 0.6) is 5.75 Å². The Morgan fingerprint density at radius 3 is 2.80 bits per heavy atom. The molecule has 1 rings (SSSR count). The van der Waals surface area contributed by atoms with Crippen LogP contribution in [0, 0.1) is 0 Å². The van der Waals surface area contributed by atoms with Gasteiger partial charge in [0.05, 0.1) is 7.11 Å². The highest BCUT2D eigenvalue weighted by Crippen LogP contribution is 2.18.